The van der Waals surface area contributed by atoms with Crippen LogP contribution < -0.4 is 10.6 Å². The molecule has 0 aliphatic heterocycles. The van der Waals surface area contributed by atoms with Gasteiger partial charge < -0.3 is 20.1 Å². The SMILES string of the molecule is CN=C(NCCc1cccc(C(=O)N(C)C)c1)NCc1nccn1Cc1ccccc1.I. The highest BCUT2D eigenvalue weighted by atomic mass is 127. The van der Waals surface area contributed by atoms with E-state index in [0.29, 0.717) is 18.7 Å². The zero-order chi connectivity index (χ0) is 22.1. The van der Waals surface area contributed by atoms with Crippen LogP contribution in [0.3, 0.4) is 0 Å². The van der Waals surface area contributed by atoms with E-state index in [9.17, 15) is 4.79 Å². The zero-order valence-corrected chi connectivity index (χ0v) is 21.1. The van der Waals surface area contributed by atoms with Crippen LogP contribution in [0.5, 0.6) is 0 Å². The lowest BCUT2D eigenvalue weighted by Gasteiger charge is -2.14. The molecule has 0 aliphatic carbocycles. The van der Waals surface area contributed by atoms with Gasteiger partial charge in [0.05, 0.1) is 6.54 Å². The number of imidazole rings is 1. The topological polar surface area (TPSA) is 74.6 Å². The molecule has 0 atom stereocenters. The Morgan fingerprint density at radius 1 is 1.06 bits per heavy atom. The summed E-state index contributed by atoms with van der Waals surface area (Å²) in [6, 6.07) is 18.1. The monoisotopic (exact) mass is 546 g/mol. The van der Waals surface area contributed by atoms with Crippen LogP contribution in [-0.2, 0) is 19.5 Å². The number of nitrogens with one attached hydrogen (secondary N) is 2. The lowest BCUT2D eigenvalue weighted by molar-refractivity contribution is 0.0827. The van der Waals surface area contributed by atoms with E-state index in [4.69, 9.17) is 0 Å². The van der Waals surface area contributed by atoms with E-state index in [0.717, 1.165) is 30.3 Å². The van der Waals surface area contributed by atoms with Gasteiger partial charge in [-0.1, -0.05) is 42.5 Å². The summed E-state index contributed by atoms with van der Waals surface area (Å²) in [5.41, 5.74) is 3.04. The first-order valence-electron chi connectivity index (χ1n) is 10.4. The Balaban J connectivity index is 0.00000363. The molecule has 32 heavy (non-hydrogen) atoms. The summed E-state index contributed by atoms with van der Waals surface area (Å²) in [6.07, 6.45) is 4.60. The maximum absolute atomic E-state index is 12.1. The van der Waals surface area contributed by atoms with Gasteiger partial charge in [-0.2, -0.15) is 0 Å². The lowest BCUT2D eigenvalue weighted by Crippen LogP contribution is -2.38. The summed E-state index contributed by atoms with van der Waals surface area (Å²) < 4.78 is 2.13. The van der Waals surface area contributed by atoms with Crippen LogP contribution in [0.4, 0.5) is 0 Å². The number of hydrogen-bond donors (Lipinski definition) is 2. The minimum absolute atomic E-state index is 0. The first-order valence-corrected chi connectivity index (χ1v) is 10.4. The van der Waals surface area contributed by atoms with E-state index in [2.05, 4.69) is 37.3 Å². The van der Waals surface area contributed by atoms with Gasteiger partial charge in [-0.25, -0.2) is 4.98 Å². The van der Waals surface area contributed by atoms with Gasteiger partial charge in [-0.3, -0.25) is 9.79 Å². The molecule has 170 valence electrons. The quantitative estimate of drug-likeness (QED) is 0.259. The third-order valence-corrected chi connectivity index (χ3v) is 4.92. The Morgan fingerprint density at radius 2 is 1.81 bits per heavy atom. The van der Waals surface area contributed by atoms with Crippen LogP contribution in [-0.4, -0.2) is 54.0 Å². The second kappa shape index (κ2) is 12.8. The number of aromatic nitrogens is 2. The molecule has 0 bridgehead atoms. The number of aliphatic imine (C=N–C) groups is 1. The largest absolute Gasteiger partial charge is 0.356 e. The average molecular weight is 546 g/mol. The van der Waals surface area contributed by atoms with E-state index in [1.54, 1.807) is 26.0 Å². The highest BCUT2D eigenvalue weighted by Crippen LogP contribution is 2.08. The molecule has 0 saturated carbocycles. The molecule has 2 N–H and O–H groups in total. The molecule has 1 heterocycles. The fourth-order valence-corrected chi connectivity index (χ4v) is 3.26. The molecular weight excluding hydrogens is 515 g/mol. The molecule has 8 heteroatoms. The maximum Gasteiger partial charge on any atom is 0.253 e. The molecule has 0 radical (unpaired) electrons. The summed E-state index contributed by atoms with van der Waals surface area (Å²) in [4.78, 5) is 22.5. The number of amides is 1. The van der Waals surface area contributed by atoms with Crippen molar-refractivity contribution in [1.29, 1.82) is 0 Å². The third kappa shape index (κ3) is 7.37. The van der Waals surface area contributed by atoms with Gasteiger partial charge in [0.15, 0.2) is 5.96 Å². The van der Waals surface area contributed by atoms with E-state index in [1.807, 2.05) is 54.9 Å². The van der Waals surface area contributed by atoms with Crippen molar-refractivity contribution >= 4 is 35.8 Å². The number of carbonyl (C=O) groups is 1. The molecule has 3 aromatic rings. The normalized spacial score (nSPS) is 10.9. The first-order chi connectivity index (χ1) is 15.1. The molecule has 0 fully saturated rings. The van der Waals surface area contributed by atoms with Crippen LogP contribution in [0, 0.1) is 0 Å². The summed E-state index contributed by atoms with van der Waals surface area (Å²) >= 11 is 0. The number of rotatable bonds is 8. The molecule has 1 aromatic heterocycles. The summed E-state index contributed by atoms with van der Waals surface area (Å²) in [5.74, 6) is 1.68. The van der Waals surface area contributed by atoms with E-state index < -0.39 is 0 Å². The minimum atomic E-state index is 0. The van der Waals surface area contributed by atoms with Crippen molar-refractivity contribution in [3.8, 4) is 0 Å². The standard InChI is InChI=1S/C24H30N6O.HI/c1-25-24(27-13-12-19-10-7-11-21(16-19)23(31)29(2)3)28-17-22-26-14-15-30(22)18-20-8-5-4-6-9-20;/h4-11,14-16H,12-13,17-18H2,1-3H3,(H2,25,27,28);1H. The van der Waals surface area contributed by atoms with Gasteiger partial charge in [-0.05, 0) is 29.7 Å². The Labute approximate surface area is 207 Å². The number of halogens is 1. The maximum atomic E-state index is 12.1. The van der Waals surface area contributed by atoms with Crippen LogP contribution >= 0.6 is 24.0 Å². The Kier molecular flexibility index (Phi) is 10.2. The van der Waals surface area contributed by atoms with Crippen LogP contribution in [0.15, 0.2) is 72.0 Å². The van der Waals surface area contributed by atoms with Crippen molar-refractivity contribution in [3.05, 3.63) is 89.5 Å². The molecule has 2 aromatic carbocycles. The van der Waals surface area contributed by atoms with E-state index in [1.165, 1.54) is 5.56 Å². The van der Waals surface area contributed by atoms with Gasteiger partial charge in [0.2, 0.25) is 0 Å². The van der Waals surface area contributed by atoms with Crippen molar-refractivity contribution in [2.45, 2.75) is 19.5 Å². The smallest absolute Gasteiger partial charge is 0.253 e. The fourth-order valence-electron chi connectivity index (χ4n) is 3.26. The van der Waals surface area contributed by atoms with Gasteiger partial charge >= 0.3 is 0 Å². The Morgan fingerprint density at radius 3 is 2.53 bits per heavy atom. The van der Waals surface area contributed by atoms with Crippen molar-refractivity contribution in [2.75, 3.05) is 27.7 Å². The third-order valence-electron chi connectivity index (χ3n) is 4.92. The van der Waals surface area contributed by atoms with E-state index in [-0.39, 0.29) is 29.9 Å². The van der Waals surface area contributed by atoms with Crippen LogP contribution in [0.2, 0.25) is 0 Å². The highest BCUT2D eigenvalue weighted by Gasteiger charge is 2.09. The molecule has 3 rings (SSSR count). The second-order valence-electron chi connectivity index (χ2n) is 7.46. The molecule has 7 nitrogen and oxygen atoms in total. The van der Waals surface area contributed by atoms with Crippen molar-refractivity contribution < 1.29 is 4.79 Å². The average Bonchev–Trinajstić information content (AvgIpc) is 3.23. The van der Waals surface area contributed by atoms with Gasteiger partial charge in [0.25, 0.3) is 5.91 Å². The molecule has 0 unspecified atom stereocenters. The van der Waals surface area contributed by atoms with Crippen molar-refractivity contribution in [2.24, 2.45) is 4.99 Å². The fraction of sp³-hybridized carbons (Fsp3) is 0.292. The van der Waals surface area contributed by atoms with Crippen LogP contribution in [0.25, 0.3) is 0 Å². The van der Waals surface area contributed by atoms with Gasteiger partial charge in [0, 0.05) is 52.2 Å². The zero-order valence-electron chi connectivity index (χ0n) is 18.8. The van der Waals surface area contributed by atoms with E-state index >= 15 is 0 Å². The van der Waals surface area contributed by atoms with Crippen molar-refractivity contribution in [3.63, 3.8) is 0 Å². The number of benzene rings is 2. The van der Waals surface area contributed by atoms with Crippen LogP contribution in [0.1, 0.15) is 27.3 Å². The molecule has 0 saturated heterocycles. The number of hydrogen-bond acceptors (Lipinski definition) is 3. The Bertz CT molecular complexity index is 1020. The summed E-state index contributed by atoms with van der Waals surface area (Å²) in [7, 11) is 5.27. The highest BCUT2D eigenvalue weighted by molar-refractivity contribution is 14.0. The predicted molar refractivity (Wildman–Crippen MR) is 140 cm³/mol. The first kappa shape index (κ1) is 25.4. The summed E-state index contributed by atoms with van der Waals surface area (Å²) in [5, 5.41) is 6.65. The lowest BCUT2D eigenvalue weighted by atomic mass is 10.1. The van der Waals surface area contributed by atoms with Crippen molar-refractivity contribution in [1.82, 2.24) is 25.1 Å². The predicted octanol–water partition coefficient (Wildman–Crippen LogP) is 3.16. The Hall–Kier alpha value is -2.88. The minimum Gasteiger partial charge on any atom is -0.356 e. The number of carbonyl (C=O) groups excluding carboxylic acids is 1. The molecule has 1 amide bonds. The molecule has 0 spiro atoms. The number of guanidine groups is 1. The molecule has 0 aliphatic rings. The second-order valence-corrected chi connectivity index (χ2v) is 7.46. The van der Waals surface area contributed by atoms with Gasteiger partial charge in [-0.15, -0.1) is 24.0 Å². The number of nitrogens with zero attached hydrogens (tertiary/aromatic N) is 4. The summed E-state index contributed by atoms with van der Waals surface area (Å²) in [6.45, 7) is 2.07. The van der Waals surface area contributed by atoms with Gasteiger partial charge in [0.1, 0.15) is 5.82 Å². The molecular formula is C24H31IN6O.